The molecule has 0 saturated carbocycles. The molecule has 0 rings (SSSR count). The Morgan fingerprint density at radius 2 is 1.69 bits per heavy atom. The van der Waals surface area contributed by atoms with Crippen LogP contribution in [-0.4, -0.2) is 26.2 Å². The Labute approximate surface area is 95.9 Å². The van der Waals surface area contributed by atoms with Crippen LogP contribution in [0.1, 0.15) is 20.3 Å². The summed E-state index contributed by atoms with van der Waals surface area (Å²) >= 11 is 0. The van der Waals surface area contributed by atoms with Crippen molar-refractivity contribution in [2.24, 2.45) is 5.92 Å². The van der Waals surface area contributed by atoms with Crippen LogP contribution in [0.2, 0.25) is 0 Å². The fourth-order valence-electron chi connectivity index (χ4n) is 1.03. The summed E-state index contributed by atoms with van der Waals surface area (Å²) in [5.74, 6) is -0.818. The van der Waals surface area contributed by atoms with Gasteiger partial charge in [0, 0.05) is 0 Å². The van der Waals surface area contributed by atoms with Crippen LogP contribution in [0, 0.1) is 5.92 Å². The number of carbonyl (C=O) groups is 2. The smallest absolute Gasteiger partial charge is 0.338 e. The molecular formula is C12H18O4. The first-order valence-corrected chi connectivity index (χ1v) is 5.00. The molecular weight excluding hydrogens is 208 g/mol. The molecule has 0 N–H and O–H groups in total. The summed E-state index contributed by atoms with van der Waals surface area (Å²) in [6, 6.07) is 0. The maximum Gasteiger partial charge on any atom is 0.338 e. The highest BCUT2D eigenvalue weighted by molar-refractivity contribution is 6.06. The van der Waals surface area contributed by atoms with E-state index in [0.717, 1.165) is 0 Å². The van der Waals surface area contributed by atoms with Crippen LogP contribution in [0.3, 0.4) is 0 Å². The summed E-state index contributed by atoms with van der Waals surface area (Å²) in [6.45, 7) is 7.54. The Morgan fingerprint density at radius 1 is 1.19 bits per heavy atom. The van der Waals surface area contributed by atoms with Crippen LogP contribution in [0.25, 0.3) is 0 Å². The Morgan fingerprint density at radius 3 is 2.06 bits per heavy atom. The van der Waals surface area contributed by atoms with E-state index < -0.39 is 11.9 Å². The van der Waals surface area contributed by atoms with Crippen molar-refractivity contribution in [2.75, 3.05) is 14.2 Å². The zero-order valence-electron chi connectivity index (χ0n) is 10.2. The zero-order valence-corrected chi connectivity index (χ0v) is 10.2. The van der Waals surface area contributed by atoms with Gasteiger partial charge in [-0.15, -0.1) is 0 Å². The topological polar surface area (TPSA) is 52.6 Å². The van der Waals surface area contributed by atoms with E-state index in [9.17, 15) is 9.59 Å². The second-order valence-electron chi connectivity index (χ2n) is 3.71. The molecule has 0 radical (unpaired) electrons. The van der Waals surface area contributed by atoms with Gasteiger partial charge < -0.3 is 9.47 Å². The lowest BCUT2D eigenvalue weighted by atomic mass is 10.0. The number of rotatable bonds is 5. The largest absolute Gasteiger partial charge is 0.465 e. The highest BCUT2D eigenvalue weighted by atomic mass is 16.5. The maximum atomic E-state index is 11.4. The first-order chi connectivity index (χ1) is 7.43. The van der Waals surface area contributed by atoms with Crippen LogP contribution in [0.15, 0.2) is 23.8 Å². The first kappa shape index (κ1) is 14.4. The van der Waals surface area contributed by atoms with Gasteiger partial charge >= 0.3 is 11.9 Å². The van der Waals surface area contributed by atoms with Gasteiger partial charge in [0.15, 0.2) is 0 Å². The van der Waals surface area contributed by atoms with E-state index >= 15 is 0 Å². The molecule has 0 aliphatic carbocycles. The van der Waals surface area contributed by atoms with Gasteiger partial charge in [-0.2, -0.15) is 0 Å². The summed E-state index contributed by atoms with van der Waals surface area (Å²) in [5, 5.41) is 0. The standard InChI is InChI=1S/C12H18O4/c1-8(2)6-7-10(12(14)16-5)9(3)11(13)15-4/h7-8H,3,6H2,1-2,4-5H3/b10-7+. The van der Waals surface area contributed by atoms with E-state index in [0.29, 0.717) is 12.3 Å². The Bertz CT molecular complexity index is 313. The molecule has 16 heavy (non-hydrogen) atoms. The van der Waals surface area contributed by atoms with Crippen molar-refractivity contribution in [1.29, 1.82) is 0 Å². The highest BCUT2D eigenvalue weighted by Gasteiger charge is 2.19. The maximum absolute atomic E-state index is 11.4. The third kappa shape index (κ3) is 4.29. The van der Waals surface area contributed by atoms with Gasteiger partial charge in [-0.05, 0) is 12.3 Å². The zero-order chi connectivity index (χ0) is 12.7. The number of hydrogen-bond acceptors (Lipinski definition) is 4. The van der Waals surface area contributed by atoms with E-state index in [2.05, 4.69) is 16.1 Å². The quantitative estimate of drug-likeness (QED) is 0.408. The van der Waals surface area contributed by atoms with Crippen LogP contribution in [-0.2, 0) is 19.1 Å². The van der Waals surface area contributed by atoms with E-state index in [4.69, 9.17) is 0 Å². The highest BCUT2D eigenvalue weighted by Crippen LogP contribution is 2.14. The molecule has 0 aromatic rings. The second-order valence-corrected chi connectivity index (χ2v) is 3.71. The average Bonchev–Trinajstić information content (AvgIpc) is 2.26. The predicted octanol–water partition coefficient (Wildman–Crippen LogP) is 1.86. The molecule has 0 spiro atoms. The third-order valence-electron chi connectivity index (χ3n) is 1.96. The van der Waals surface area contributed by atoms with Crippen LogP contribution < -0.4 is 0 Å². The van der Waals surface area contributed by atoms with Crippen molar-refractivity contribution >= 4 is 11.9 Å². The molecule has 0 heterocycles. The van der Waals surface area contributed by atoms with E-state index in [-0.39, 0.29) is 11.1 Å². The lowest BCUT2D eigenvalue weighted by Gasteiger charge is -2.08. The van der Waals surface area contributed by atoms with Gasteiger partial charge in [0.1, 0.15) is 0 Å². The van der Waals surface area contributed by atoms with Gasteiger partial charge in [0.25, 0.3) is 0 Å². The Hall–Kier alpha value is -1.58. The van der Waals surface area contributed by atoms with Gasteiger partial charge in [-0.3, -0.25) is 0 Å². The summed E-state index contributed by atoms with van der Waals surface area (Å²) < 4.78 is 9.09. The van der Waals surface area contributed by atoms with E-state index in [1.807, 2.05) is 13.8 Å². The summed E-state index contributed by atoms with van der Waals surface area (Å²) in [7, 11) is 2.50. The fraction of sp³-hybridized carbons (Fsp3) is 0.500. The molecule has 0 aromatic heterocycles. The molecule has 0 bridgehead atoms. The van der Waals surface area contributed by atoms with Gasteiger partial charge in [0.05, 0.1) is 25.4 Å². The van der Waals surface area contributed by atoms with Crippen molar-refractivity contribution in [3.63, 3.8) is 0 Å². The summed E-state index contributed by atoms with van der Waals surface area (Å²) in [5.41, 5.74) is 0.193. The normalized spacial score (nSPS) is 11.2. The molecule has 0 unspecified atom stereocenters. The monoisotopic (exact) mass is 226 g/mol. The van der Waals surface area contributed by atoms with Crippen molar-refractivity contribution in [2.45, 2.75) is 20.3 Å². The number of ether oxygens (including phenoxy) is 2. The molecule has 0 aromatic carbocycles. The SMILES string of the molecule is C=C(C(=O)OC)/C(=C\CC(C)C)C(=O)OC. The first-order valence-electron chi connectivity index (χ1n) is 5.00. The molecule has 0 amide bonds. The molecule has 0 saturated heterocycles. The van der Waals surface area contributed by atoms with E-state index in [1.54, 1.807) is 6.08 Å². The van der Waals surface area contributed by atoms with Gasteiger partial charge in [-0.1, -0.05) is 26.5 Å². The molecule has 0 aliphatic heterocycles. The van der Waals surface area contributed by atoms with Crippen LogP contribution >= 0.6 is 0 Å². The molecule has 4 nitrogen and oxygen atoms in total. The number of carbonyl (C=O) groups excluding carboxylic acids is 2. The second kappa shape index (κ2) is 6.82. The fourth-order valence-corrected chi connectivity index (χ4v) is 1.03. The molecule has 0 atom stereocenters. The molecule has 90 valence electrons. The predicted molar refractivity (Wildman–Crippen MR) is 60.7 cm³/mol. The Kier molecular flexibility index (Phi) is 6.15. The van der Waals surface area contributed by atoms with Crippen molar-refractivity contribution < 1.29 is 19.1 Å². The van der Waals surface area contributed by atoms with Crippen molar-refractivity contribution in [3.8, 4) is 0 Å². The molecule has 4 heteroatoms. The van der Waals surface area contributed by atoms with Crippen LogP contribution in [0.4, 0.5) is 0 Å². The minimum absolute atomic E-state index is 0.0231. The van der Waals surface area contributed by atoms with E-state index in [1.165, 1.54) is 14.2 Å². The number of hydrogen-bond donors (Lipinski definition) is 0. The lowest BCUT2D eigenvalue weighted by molar-refractivity contribution is -0.139. The van der Waals surface area contributed by atoms with Crippen molar-refractivity contribution in [1.82, 2.24) is 0 Å². The third-order valence-corrected chi connectivity index (χ3v) is 1.96. The number of allylic oxidation sites excluding steroid dienone is 1. The van der Waals surface area contributed by atoms with Gasteiger partial charge in [0.2, 0.25) is 0 Å². The Balaban J connectivity index is 4.95. The number of esters is 2. The van der Waals surface area contributed by atoms with Crippen molar-refractivity contribution in [3.05, 3.63) is 23.8 Å². The summed E-state index contributed by atoms with van der Waals surface area (Å²) in [4.78, 5) is 22.7. The minimum atomic E-state index is -0.625. The summed E-state index contributed by atoms with van der Waals surface area (Å²) in [6.07, 6.45) is 2.32. The lowest BCUT2D eigenvalue weighted by Crippen LogP contribution is -2.14. The molecule has 0 aliphatic rings. The number of methoxy groups -OCH3 is 2. The molecule has 0 fully saturated rings. The average molecular weight is 226 g/mol. The minimum Gasteiger partial charge on any atom is -0.465 e. The van der Waals surface area contributed by atoms with Gasteiger partial charge in [-0.25, -0.2) is 9.59 Å². The van der Waals surface area contributed by atoms with Crippen LogP contribution in [0.5, 0.6) is 0 Å².